The summed E-state index contributed by atoms with van der Waals surface area (Å²) in [6.45, 7) is 6.93. The van der Waals surface area contributed by atoms with E-state index in [0.29, 0.717) is 13.1 Å². The molecular weight excluding hydrogens is 382 g/mol. The van der Waals surface area contributed by atoms with Crippen LogP contribution in [-0.2, 0) is 16.1 Å². The van der Waals surface area contributed by atoms with E-state index in [-0.39, 0.29) is 43.4 Å². The monoisotopic (exact) mass is 411 g/mol. The third-order valence-electron chi connectivity index (χ3n) is 5.54. The Balaban J connectivity index is 1.91. The average molecular weight is 412 g/mol. The van der Waals surface area contributed by atoms with E-state index in [9.17, 15) is 14.4 Å². The number of piperazine rings is 1. The fourth-order valence-electron chi connectivity index (χ4n) is 4.13. The van der Waals surface area contributed by atoms with Gasteiger partial charge in [-0.15, -0.1) is 6.42 Å². The molecule has 3 rings (SSSR count). The molecule has 2 heterocycles. The maximum absolute atomic E-state index is 13.2. The second kappa shape index (κ2) is 9.18. The minimum atomic E-state index is -0.603. The zero-order chi connectivity index (χ0) is 21.8. The van der Waals surface area contributed by atoms with E-state index in [2.05, 4.69) is 11.2 Å². The predicted molar refractivity (Wildman–Crippen MR) is 112 cm³/mol. The van der Waals surface area contributed by atoms with E-state index in [1.165, 1.54) is 5.01 Å². The van der Waals surface area contributed by atoms with Crippen molar-refractivity contribution in [2.75, 3.05) is 26.2 Å². The molecule has 0 spiro atoms. The quantitative estimate of drug-likeness (QED) is 0.737. The number of hydrogen-bond donors (Lipinski definition) is 1. The van der Waals surface area contributed by atoms with Gasteiger partial charge in [0.05, 0.1) is 19.6 Å². The first kappa shape index (κ1) is 21.7. The number of hydrogen-bond acceptors (Lipinski definition) is 4. The Morgan fingerprint density at radius 1 is 1.27 bits per heavy atom. The molecule has 1 aromatic carbocycles. The van der Waals surface area contributed by atoms with Crippen LogP contribution < -0.4 is 5.32 Å². The molecule has 1 N–H and O–H groups in total. The van der Waals surface area contributed by atoms with Crippen LogP contribution in [0.1, 0.15) is 26.3 Å². The van der Waals surface area contributed by atoms with Crippen molar-refractivity contribution in [1.29, 1.82) is 0 Å². The van der Waals surface area contributed by atoms with E-state index < -0.39 is 12.2 Å². The molecule has 0 aromatic heterocycles. The minimum Gasteiger partial charge on any atom is -0.337 e. The predicted octanol–water partition coefficient (Wildman–Crippen LogP) is 1.10. The highest BCUT2D eigenvalue weighted by Gasteiger charge is 2.51. The Labute approximate surface area is 177 Å². The van der Waals surface area contributed by atoms with Crippen molar-refractivity contribution in [3.05, 3.63) is 35.9 Å². The summed E-state index contributed by atoms with van der Waals surface area (Å²) in [6.07, 6.45) is 4.91. The van der Waals surface area contributed by atoms with Crippen LogP contribution in [0.2, 0.25) is 0 Å². The number of benzene rings is 1. The van der Waals surface area contributed by atoms with Gasteiger partial charge in [-0.25, -0.2) is 9.80 Å². The molecule has 2 aliphatic heterocycles. The van der Waals surface area contributed by atoms with Crippen molar-refractivity contribution >= 4 is 17.8 Å². The van der Waals surface area contributed by atoms with Crippen LogP contribution in [-0.4, -0.2) is 76.0 Å². The number of urea groups is 1. The van der Waals surface area contributed by atoms with Gasteiger partial charge in [-0.2, -0.15) is 5.01 Å². The molecule has 8 heteroatoms. The lowest BCUT2D eigenvalue weighted by molar-refractivity contribution is -0.191. The molecule has 0 aliphatic carbocycles. The second-order valence-electron chi connectivity index (χ2n) is 7.86. The van der Waals surface area contributed by atoms with Gasteiger partial charge in [-0.3, -0.25) is 9.59 Å². The van der Waals surface area contributed by atoms with Crippen LogP contribution in [0.15, 0.2) is 30.3 Å². The first-order chi connectivity index (χ1) is 14.4. The first-order valence-electron chi connectivity index (χ1n) is 10.3. The summed E-state index contributed by atoms with van der Waals surface area (Å²) in [5.41, 5.74) is 0.966. The number of terminal acetylenes is 1. The molecule has 1 aromatic rings. The Kier molecular flexibility index (Phi) is 6.63. The van der Waals surface area contributed by atoms with E-state index in [1.54, 1.807) is 14.8 Å². The largest absolute Gasteiger partial charge is 0.337 e. The maximum atomic E-state index is 13.2. The lowest BCUT2D eigenvalue weighted by Crippen LogP contribution is -2.77. The van der Waals surface area contributed by atoms with Crippen LogP contribution in [0.3, 0.4) is 0 Å². The number of amides is 4. The number of likely N-dealkylation sites (N-methyl/N-ethyl adjacent to an activating group) is 1. The number of nitrogens with zero attached hydrogens (tertiary/aromatic N) is 4. The number of fused-ring (bicyclic) bond motifs is 1. The number of nitrogens with one attached hydrogen (secondary N) is 1. The van der Waals surface area contributed by atoms with Crippen molar-refractivity contribution in [2.24, 2.45) is 5.92 Å². The van der Waals surface area contributed by atoms with Crippen LogP contribution in [0, 0.1) is 18.3 Å². The topological polar surface area (TPSA) is 76.2 Å². The van der Waals surface area contributed by atoms with Gasteiger partial charge in [0.15, 0.2) is 0 Å². The highest BCUT2D eigenvalue weighted by Crippen LogP contribution is 2.29. The number of hydrazine groups is 1. The summed E-state index contributed by atoms with van der Waals surface area (Å²) in [5.74, 6) is 2.19. The molecule has 0 saturated carbocycles. The Morgan fingerprint density at radius 3 is 2.57 bits per heavy atom. The SMILES string of the molecule is C#CCN1CC(=O)N2[C@@H](C(C)C)C(=O)N(CC)C[C@@H]2N1C(=O)NCc1ccccc1. The molecule has 2 atom stereocenters. The van der Waals surface area contributed by atoms with Gasteiger partial charge < -0.3 is 15.1 Å². The molecule has 2 fully saturated rings. The Hall–Kier alpha value is -3.05. The lowest BCUT2D eigenvalue weighted by Gasteiger charge is -2.55. The molecule has 30 heavy (non-hydrogen) atoms. The molecule has 0 radical (unpaired) electrons. The number of carbonyl (C=O) groups is 3. The Morgan fingerprint density at radius 2 is 1.97 bits per heavy atom. The van der Waals surface area contributed by atoms with E-state index in [1.807, 2.05) is 51.1 Å². The minimum absolute atomic E-state index is 0.0396. The zero-order valence-electron chi connectivity index (χ0n) is 17.7. The van der Waals surface area contributed by atoms with Crippen LogP contribution in [0.5, 0.6) is 0 Å². The van der Waals surface area contributed by atoms with Gasteiger partial charge in [0, 0.05) is 13.1 Å². The summed E-state index contributed by atoms with van der Waals surface area (Å²) >= 11 is 0. The normalized spacial score (nSPS) is 22.2. The van der Waals surface area contributed by atoms with Crippen LogP contribution in [0.25, 0.3) is 0 Å². The zero-order valence-corrected chi connectivity index (χ0v) is 17.7. The van der Waals surface area contributed by atoms with Crippen LogP contribution >= 0.6 is 0 Å². The van der Waals surface area contributed by atoms with Crippen LogP contribution in [0.4, 0.5) is 4.79 Å². The summed E-state index contributed by atoms with van der Waals surface area (Å²) in [4.78, 5) is 42.5. The van der Waals surface area contributed by atoms with E-state index in [0.717, 1.165) is 5.56 Å². The van der Waals surface area contributed by atoms with E-state index >= 15 is 0 Å². The molecular formula is C22H29N5O3. The van der Waals surface area contributed by atoms with Crippen molar-refractivity contribution in [3.8, 4) is 12.3 Å². The molecule has 8 nitrogen and oxygen atoms in total. The molecule has 160 valence electrons. The summed E-state index contributed by atoms with van der Waals surface area (Å²) in [7, 11) is 0. The van der Waals surface area contributed by atoms with Gasteiger partial charge in [-0.05, 0) is 18.4 Å². The van der Waals surface area contributed by atoms with Gasteiger partial charge in [0.25, 0.3) is 0 Å². The summed E-state index contributed by atoms with van der Waals surface area (Å²) in [6, 6.07) is 8.65. The standard InChI is InChI=1S/C22H29N5O3/c1-5-12-25-15-19(28)26-18(14-24(6-2)21(29)20(26)16(3)4)27(25)22(30)23-13-17-10-8-7-9-11-17/h1,7-11,16,18,20H,6,12-15H2,2-4H3,(H,23,30)/t18-,20-/m0/s1. The van der Waals surface area contributed by atoms with Gasteiger partial charge in [-0.1, -0.05) is 50.1 Å². The fourth-order valence-corrected chi connectivity index (χ4v) is 4.13. The molecule has 2 saturated heterocycles. The maximum Gasteiger partial charge on any atom is 0.334 e. The first-order valence-corrected chi connectivity index (χ1v) is 10.3. The second-order valence-corrected chi connectivity index (χ2v) is 7.86. The van der Waals surface area contributed by atoms with Crippen molar-refractivity contribution < 1.29 is 14.4 Å². The summed E-state index contributed by atoms with van der Waals surface area (Å²) in [5, 5.41) is 6.04. The molecule has 0 bridgehead atoms. The number of rotatable bonds is 5. The van der Waals surface area contributed by atoms with Gasteiger partial charge in [0.2, 0.25) is 11.8 Å². The highest BCUT2D eigenvalue weighted by atomic mass is 16.2. The van der Waals surface area contributed by atoms with Gasteiger partial charge >= 0.3 is 6.03 Å². The van der Waals surface area contributed by atoms with Crippen molar-refractivity contribution in [3.63, 3.8) is 0 Å². The third kappa shape index (κ3) is 4.12. The Bertz CT molecular complexity index is 835. The number of carbonyl (C=O) groups excluding carboxylic acids is 3. The molecule has 4 amide bonds. The summed E-state index contributed by atoms with van der Waals surface area (Å²) < 4.78 is 0. The molecule has 0 unspecified atom stereocenters. The van der Waals surface area contributed by atoms with E-state index in [4.69, 9.17) is 6.42 Å². The molecule has 2 aliphatic rings. The lowest BCUT2D eigenvalue weighted by atomic mass is 9.96. The third-order valence-corrected chi connectivity index (χ3v) is 5.54. The smallest absolute Gasteiger partial charge is 0.334 e. The highest BCUT2D eigenvalue weighted by molar-refractivity contribution is 5.91. The van der Waals surface area contributed by atoms with Crippen molar-refractivity contribution in [2.45, 2.75) is 39.5 Å². The van der Waals surface area contributed by atoms with Crippen molar-refractivity contribution in [1.82, 2.24) is 25.1 Å². The van der Waals surface area contributed by atoms with Gasteiger partial charge in [0.1, 0.15) is 12.2 Å². The fraction of sp³-hybridized carbons (Fsp3) is 0.500. The average Bonchev–Trinajstić information content (AvgIpc) is 2.72.